The molecule has 0 N–H and O–H groups in total. The average molecular weight is 301 g/mol. The van der Waals surface area contributed by atoms with E-state index < -0.39 is 0 Å². The number of rotatable bonds is 3. The number of carbonyl (C=O) groups is 1. The van der Waals surface area contributed by atoms with Crippen LogP contribution in [0.1, 0.15) is 6.92 Å². The van der Waals surface area contributed by atoms with Gasteiger partial charge >= 0.3 is 6.09 Å². The number of halogens is 1. The summed E-state index contributed by atoms with van der Waals surface area (Å²) in [5, 5.41) is 0.283. The molecule has 2 rings (SSSR count). The number of carbonyl (C=O) groups excluding carboxylic acids is 1. The van der Waals surface area contributed by atoms with Crippen LogP contribution in [0, 0.1) is 0 Å². The van der Waals surface area contributed by atoms with Gasteiger partial charge in [-0.2, -0.15) is 0 Å². The Kier molecular flexibility index (Phi) is 4.84. The molecule has 1 amide bonds. The molecule has 1 aromatic heterocycles. The first kappa shape index (κ1) is 14.6. The highest BCUT2D eigenvalue weighted by Crippen LogP contribution is 2.31. The van der Waals surface area contributed by atoms with Gasteiger partial charge in [0.1, 0.15) is 6.33 Å². The van der Waals surface area contributed by atoms with Crippen LogP contribution in [0.2, 0.25) is 5.15 Å². The van der Waals surface area contributed by atoms with Gasteiger partial charge in [-0.1, -0.05) is 11.6 Å². The third-order valence-corrected chi connectivity index (χ3v) is 3.32. The Hall–Kier alpha value is -1.76. The third kappa shape index (κ3) is 3.04. The molecule has 1 aliphatic heterocycles. The predicted molar refractivity (Wildman–Crippen MR) is 74.4 cm³/mol. The Morgan fingerprint density at radius 2 is 2.05 bits per heavy atom. The van der Waals surface area contributed by atoms with Crippen LogP contribution in [-0.4, -0.2) is 60.9 Å². The van der Waals surface area contributed by atoms with Gasteiger partial charge in [0.05, 0.1) is 13.7 Å². The molecule has 0 spiro atoms. The Labute approximate surface area is 122 Å². The van der Waals surface area contributed by atoms with Gasteiger partial charge in [0.25, 0.3) is 0 Å². The van der Waals surface area contributed by atoms with Crippen molar-refractivity contribution in [3.05, 3.63) is 11.5 Å². The zero-order valence-electron chi connectivity index (χ0n) is 11.5. The highest BCUT2D eigenvalue weighted by Gasteiger charge is 2.25. The zero-order valence-corrected chi connectivity index (χ0v) is 12.3. The minimum atomic E-state index is -0.278. The monoisotopic (exact) mass is 300 g/mol. The van der Waals surface area contributed by atoms with Gasteiger partial charge in [0, 0.05) is 26.2 Å². The van der Waals surface area contributed by atoms with Crippen molar-refractivity contribution < 1.29 is 14.3 Å². The predicted octanol–water partition coefficient (Wildman–Crippen LogP) is 1.42. The third-order valence-electron chi connectivity index (χ3n) is 3.05. The quantitative estimate of drug-likeness (QED) is 0.786. The number of hydrogen-bond donors (Lipinski definition) is 0. The van der Waals surface area contributed by atoms with Gasteiger partial charge in [-0.25, -0.2) is 14.8 Å². The summed E-state index contributed by atoms with van der Waals surface area (Å²) in [5.41, 5.74) is 0. The van der Waals surface area contributed by atoms with E-state index in [1.807, 2.05) is 4.90 Å². The fraction of sp³-hybridized carbons (Fsp3) is 0.583. The van der Waals surface area contributed by atoms with Gasteiger partial charge in [-0.05, 0) is 6.92 Å². The summed E-state index contributed by atoms with van der Waals surface area (Å²) in [4.78, 5) is 23.4. The Morgan fingerprint density at radius 3 is 2.65 bits per heavy atom. The van der Waals surface area contributed by atoms with Crippen LogP contribution in [0.4, 0.5) is 10.6 Å². The van der Waals surface area contributed by atoms with Crippen LogP contribution >= 0.6 is 11.6 Å². The molecule has 1 aromatic rings. The van der Waals surface area contributed by atoms with E-state index >= 15 is 0 Å². The van der Waals surface area contributed by atoms with Crippen molar-refractivity contribution in [3.63, 3.8) is 0 Å². The van der Waals surface area contributed by atoms with Crippen LogP contribution < -0.4 is 9.64 Å². The highest BCUT2D eigenvalue weighted by atomic mass is 35.5. The highest BCUT2D eigenvalue weighted by molar-refractivity contribution is 6.31. The first-order valence-electron chi connectivity index (χ1n) is 6.38. The first-order chi connectivity index (χ1) is 9.67. The fourth-order valence-corrected chi connectivity index (χ4v) is 2.27. The van der Waals surface area contributed by atoms with E-state index in [2.05, 4.69) is 9.97 Å². The summed E-state index contributed by atoms with van der Waals surface area (Å²) in [6, 6.07) is 0. The SMILES string of the molecule is CCOC(=O)N1CCN(c2ncnc(Cl)c2OC)CC1. The number of ether oxygens (including phenoxy) is 2. The van der Waals surface area contributed by atoms with Gasteiger partial charge in [-0.3, -0.25) is 0 Å². The second-order valence-electron chi connectivity index (χ2n) is 4.19. The lowest BCUT2D eigenvalue weighted by Gasteiger charge is -2.35. The van der Waals surface area contributed by atoms with Crippen LogP contribution in [0.25, 0.3) is 0 Å². The molecular formula is C12H17ClN4O3. The van der Waals surface area contributed by atoms with Crippen molar-refractivity contribution in [2.45, 2.75) is 6.92 Å². The smallest absolute Gasteiger partial charge is 0.409 e. The summed E-state index contributed by atoms with van der Waals surface area (Å²) in [6.45, 7) is 4.61. The van der Waals surface area contributed by atoms with Crippen molar-refractivity contribution in [3.8, 4) is 5.75 Å². The molecule has 0 saturated carbocycles. The van der Waals surface area contributed by atoms with E-state index in [1.165, 1.54) is 13.4 Å². The Morgan fingerprint density at radius 1 is 1.35 bits per heavy atom. The maximum atomic E-state index is 11.6. The molecule has 1 aliphatic rings. The maximum Gasteiger partial charge on any atom is 0.409 e. The molecule has 0 unspecified atom stereocenters. The zero-order chi connectivity index (χ0) is 14.5. The molecule has 1 saturated heterocycles. The lowest BCUT2D eigenvalue weighted by molar-refractivity contribution is 0.105. The second-order valence-corrected chi connectivity index (χ2v) is 4.55. The van der Waals surface area contributed by atoms with Crippen molar-refractivity contribution in [2.75, 3.05) is 44.8 Å². The van der Waals surface area contributed by atoms with E-state index in [0.29, 0.717) is 44.4 Å². The minimum Gasteiger partial charge on any atom is -0.490 e. The number of nitrogens with zero attached hydrogens (tertiary/aromatic N) is 4. The largest absolute Gasteiger partial charge is 0.490 e. The van der Waals surface area contributed by atoms with Crippen molar-refractivity contribution in [2.24, 2.45) is 0 Å². The standard InChI is InChI=1S/C12H17ClN4O3/c1-3-20-12(18)17-6-4-16(5-7-17)11-9(19-2)10(13)14-8-15-11/h8H,3-7H2,1-2H3. The lowest BCUT2D eigenvalue weighted by atomic mass is 10.3. The van der Waals surface area contributed by atoms with Crippen molar-refractivity contribution >= 4 is 23.5 Å². The number of anilines is 1. The van der Waals surface area contributed by atoms with Crippen LogP contribution in [0.3, 0.4) is 0 Å². The van der Waals surface area contributed by atoms with E-state index in [9.17, 15) is 4.79 Å². The summed E-state index contributed by atoms with van der Waals surface area (Å²) >= 11 is 5.98. The van der Waals surface area contributed by atoms with Crippen LogP contribution in [0.5, 0.6) is 5.75 Å². The van der Waals surface area contributed by atoms with E-state index in [0.717, 1.165) is 0 Å². The molecule has 0 aliphatic carbocycles. The molecule has 20 heavy (non-hydrogen) atoms. The number of amides is 1. The molecule has 0 atom stereocenters. The van der Waals surface area contributed by atoms with Crippen LogP contribution in [-0.2, 0) is 4.74 Å². The minimum absolute atomic E-state index is 0.278. The molecule has 7 nitrogen and oxygen atoms in total. The average Bonchev–Trinajstić information content (AvgIpc) is 2.47. The van der Waals surface area contributed by atoms with Crippen LogP contribution in [0.15, 0.2) is 6.33 Å². The molecular weight excluding hydrogens is 284 g/mol. The van der Waals surface area contributed by atoms with E-state index in [-0.39, 0.29) is 11.2 Å². The van der Waals surface area contributed by atoms with Gasteiger partial charge < -0.3 is 19.3 Å². The van der Waals surface area contributed by atoms with Crippen molar-refractivity contribution in [1.29, 1.82) is 0 Å². The summed E-state index contributed by atoms with van der Waals surface area (Å²) in [7, 11) is 1.53. The van der Waals surface area contributed by atoms with Gasteiger partial charge in [0.2, 0.25) is 0 Å². The fourth-order valence-electron chi connectivity index (χ4n) is 2.06. The van der Waals surface area contributed by atoms with Gasteiger partial charge in [-0.15, -0.1) is 0 Å². The molecule has 110 valence electrons. The van der Waals surface area contributed by atoms with Gasteiger partial charge in [0.15, 0.2) is 16.7 Å². The normalized spacial score (nSPS) is 15.2. The number of hydrogen-bond acceptors (Lipinski definition) is 6. The van der Waals surface area contributed by atoms with E-state index in [1.54, 1.807) is 11.8 Å². The molecule has 0 aromatic carbocycles. The lowest BCUT2D eigenvalue weighted by Crippen LogP contribution is -2.49. The Balaban J connectivity index is 2.04. The molecule has 0 bridgehead atoms. The second kappa shape index (κ2) is 6.60. The molecule has 8 heteroatoms. The molecule has 0 radical (unpaired) electrons. The number of methoxy groups -OCH3 is 1. The number of piperazine rings is 1. The van der Waals surface area contributed by atoms with E-state index in [4.69, 9.17) is 21.1 Å². The molecule has 2 heterocycles. The topological polar surface area (TPSA) is 67.8 Å². The Bertz CT molecular complexity index is 478. The summed E-state index contributed by atoms with van der Waals surface area (Å²) in [6.07, 6.45) is 1.12. The summed E-state index contributed by atoms with van der Waals surface area (Å²) in [5.74, 6) is 1.11. The summed E-state index contributed by atoms with van der Waals surface area (Å²) < 4.78 is 10.2. The maximum absolute atomic E-state index is 11.6. The number of aromatic nitrogens is 2. The first-order valence-corrected chi connectivity index (χ1v) is 6.76. The van der Waals surface area contributed by atoms with Crippen molar-refractivity contribution in [1.82, 2.24) is 14.9 Å². The molecule has 1 fully saturated rings.